The second-order valence-corrected chi connectivity index (χ2v) is 7.26. The molecule has 0 radical (unpaired) electrons. The number of alkyl halides is 3. The van der Waals surface area contributed by atoms with Gasteiger partial charge in [-0.2, -0.15) is 13.2 Å². The maximum atomic E-state index is 13.0. The van der Waals surface area contributed by atoms with E-state index in [1.54, 1.807) is 12.1 Å². The monoisotopic (exact) mass is 390 g/mol. The van der Waals surface area contributed by atoms with Gasteiger partial charge in [-0.25, -0.2) is 0 Å². The molecule has 1 N–H and O–H groups in total. The van der Waals surface area contributed by atoms with Gasteiger partial charge < -0.3 is 5.32 Å². The van der Waals surface area contributed by atoms with Gasteiger partial charge in [0.25, 0.3) is 0 Å². The van der Waals surface area contributed by atoms with Crippen molar-refractivity contribution in [2.24, 2.45) is 0 Å². The normalized spacial score (nSPS) is 16.5. The number of nitrogens with one attached hydrogen (secondary N) is 1. The molecule has 1 atom stereocenters. The molecule has 2 aromatic rings. The van der Waals surface area contributed by atoms with Crippen molar-refractivity contribution in [1.82, 2.24) is 10.3 Å². The largest absolute Gasteiger partial charge is 0.416 e. The molecule has 3 rings (SSSR count). The molecule has 3 nitrogen and oxygen atoms in total. The number of benzene rings is 1. The minimum absolute atomic E-state index is 0.0363. The summed E-state index contributed by atoms with van der Waals surface area (Å²) in [7, 11) is 0. The van der Waals surface area contributed by atoms with Crippen LogP contribution in [0, 0.1) is 0 Å². The lowest BCUT2D eigenvalue weighted by atomic mass is 9.85. The molecular formula is C22H25F3N2O. The van der Waals surface area contributed by atoms with Gasteiger partial charge in [-0.15, -0.1) is 0 Å². The highest BCUT2D eigenvalue weighted by molar-refractivity contribution is 5.84. The van der Waals surface area contributed by atoms with E-state index in [2.05, 4.69) is 17.2 Å². The van der Waals surface area contributed by atoms with Gasteiger partial charge in [-0.1, -0.05) is 38.0 Å². The highest BCUT2D eigenvalue weighted by Gasteiger charge is 2.31. The van der Waals surface area contributed by atoms with Gasteiger partial charge in [0.1, 0.15) is 0 Å². The predicted molar refractivity (Wildman–Crippen MR) is 103 cm³/mol. The molecular weight excluding hydrogens is 365 g/mol. The van der Waals surface area contributed by atoms with Crippen LogP contribution in [0.2, 0.25) is 0 Å². The number of carbonyl (C=O) groups excluding carboxylic acids is 1. The van der Waals surface area contributed by atoms with Crippen LogP contribution in [0.3, 0.4) is 0 Å². The molecule has 0 bridgehead atoms. The van der Waals surface area contributed by atoms with Crippen LogP contribution >= 0.6 is 0 Å². The maximum Gasteiger partial charge on any atom is 0.416 e. The Morgan fingerprint density at radius 3 is 2.79 bits per heavy atom. The van der Waals surface area contributed by atoms with Crippen LogP contribution in [0.15, 0.2) is 36.4 Å². The molecule has 1 aliphatic carbocycles. The SMILES string of the molecule is CCCCCNC(=O)C1CCCc2ccc(-c3cccc(C(F)(F)F)c3)nc21. The molecule has 28 heavy (non-hydrogen) atoms. The quantitative estimate of drug-likeness (QED) is 0.663. The van der Waals surface area contributed by atoms with Gasteiger partial charge in [-0.3, -0.25) is 9.78 Å². The highest BCUT2D eigenvalue weighted by Crippen LogP contribution is 2.34. The minimum atomic E-state index is -4.40. The third kappa shape index (κ3) is 4.72. The van der Waals surface area contributed by atoms with E-state index in [4.69, 9.17) is 0 Å². The first-order valence-electron chi connectivity index (χ1n) is 9.85. The number of pyridine rings is 1. The van der Waals surface area contributed by atoms with Crippen LogP contribution in [0.5, 0.6) is 0 Å². The van der Waals surface area contributed by atoms with Gasteiger partial charge >= 0.3 is 6.18 Å². The van der Waals surface area contributed by atoms with E-state index in [1.165, 1.54) is 6.07 Å². The van der Waals surface area contributed by atoms with Gasteiger partial charge in [0.05, 0.1) is 22.9 Å². The number of aryl methyl sites for hydroxylation is 1. The summed E-state index contributed by atoms with van der Waals surface area (Å²) in [5.74, 6) is -0.373. The van der Waals surface area contributed by atoms with Crippen molar-refractivity contribution < 1.29 is 18.0 Å². The Labute approximate surface area is 163 Å². The molecule has 0 aliphatic heterocycles. The molecule has 0 saturated heterocycles. The van der Waals surface area contributed by atoms with E-state index in [9.17, 15) is 18.0 Å². The summed E-state index contributed by atoms with van der Waals surface area (Å²) in [6.07, 6.45) is 1.16. The number of hydrogen-bond donors (Lipinski definition) is 1. The Hall–Kier alpha value is -2.37. The van der Waals surface area contributed by atoms with E-state index < -0.39 is 11.7 Å². The molecule has 1 unspecified atom stereocenters. The Balaban J connectivity index is 1.85. The van der Waals surface area contributed by atoms with Crippen molar-refractivity contribution in [3.8, 4) is 11.3 Å². The zero-order chi connectivity index (χ0) is 20.1. The van der Waals surface area contributed by atoms with Crippen LogP contribution in [-0.2, 0) is 17.4 Å². The lowest BCUT2D eigenvalue weighted by Crippen LogP contribution is -2.32. The third-order valence-electron chi connectivity index (χ3n) is 5.16. The minimum Gasteiger partial charge on any atom is -0.356 e. The van der Waals surface area contributed by atoms with Crippen molar-refractivity contribution in [3.63, 3.8) is 0 Å². The number of amides is 1. The maximum absolute atomic E-state index is 13.0. The summed E-state index contributed by atoms with van der Waals surface area (Å²) in [6.45, 7) is 2.75. The number of carbonyl (C=O) groups is 1. The average molecular weight is 390 g/mol. The first-order valence-corrected chi connectivity index (χ1v) is 9.85. The van der Waals surface area contributed by atoms with Crippen molar-refractivity contribution in [3.05, 3.63) is 53.2 Å². The van der Waals surface area contributed by atoms with E-state index in [-0.39, 0.29) is 11.8 Å². The van der Waals surface area contributed by atoms with E-state index >= 15 is 0 Å². The number of hydrogen-bond acceptors (Lipinski definition) is 2. The zero-order valence-corrected chi connectivity index (χ0v) is 16.0. The predicted octanol–water partition coefficient (Wildman–Crippen LogP) is 5.49. The fourth-order valence-electron chi connectivity index (χ4n) is 3.63. The summed E-state index contributed by atoms with van der Waals surface area (Å²) in [5, 5.41) is 2.99. The molecule has 6 heteroatoms. The standard InChI is InChI=1S/C22H25F3N2O/c1-2-3-4-13-26-21(28)18-10-6-7-15-11-12-19(27-20(15)18)16-8-5-9-17(14-16)22(23,24)25/h5,8-9,11-12,14,18H,2-4,6-7,10,13H2,1H3,(H,26,28). The number of rotatable bonds is 6. The summed E-state index contributed by atoms with van der Waals surface area (Å²) >= 11 is 0. The Morgan fingerprint density at radius 2 is 2.04 bits per heavy atom. The third-order valence-corrected chi connectivity index (χ3v) is 5.16. The van der Waals surface area contributed by atoms with Crippen LogP contribution in [0.1, 0.15) is 61.8 Å². The Bertz CT molecular complexity index is 833. The van der Waals surface area contributed by atoms with E-state index in [0.29, 0.717) is 29.9 Å². The summed E-state index contributed by atoms with van der Waals surface area (Å²) in [4.78, 5) is 17.3. The van der Waals surface area contributed by atoms with Crippen molar-refractivity contribution in [2.75, 3.05) is 6.54 Å². The lowest BCUT2D eigenvalue weighted by Gasteiger charge is -2.24. The second kappa shape index (κ2) is 8.76. The van der Waals surface area contributed by atoms with Crippen molar-refractivity contribution >= 4 is 5.91 Å². The van der Waals surface area contributed by atoms with E-state index in [0.717, 1.165) is 49.8 Å². The molecule has 1 aliphatic rings. The Kier molecular flexibility index (Phi) is 6.37. The van der Waals surface area contributed by atoms with Gasteiger partial charge in [0, 0.05) is 12.1 Å². The first-order chi connectivity index (χ1) is 13.4. The molecule has 0 fully saturated rings. The molecule has 1 aromatic heterocycles. The molecule has 0 saturated carbocycles. The molecule has 150 valence electrons. The molecule has 1 heterocycles. The van der Waals surface area contributed by atoms with Crippen LogP contribution in [0.25, 0.3) is 11.3 Å². The van der Waals surface area contributed by atoms with Crippen LogP contribution < -0.4 is 5.32 Å². The fourth-order valence-corrected chi connectivity index (χ4v) is 3.63. The molecule has 1 aromatic carbocycles. The van der Waals surface area contributed by atoms with Gasteiger partial charge in [0.15, 0.2) is 0 Å². The zero-order valence-electron chi connectivity index (χ0n) is 16.0. The topological polar surface area (TPSA) is 42.0 Å². The summed E-state index contributed by atoms with van der Waals surface area (Å²) in [5.41, 5.74) is 1.89. The smallest absolute Gasteiger partial charge is 0.356 e. The van der Waals surface area contributed by atoms with E-state index in [1.807, 2.05) is 6.07 Å². The van der Waals surface area contributed by atoms with Crippen molar-refractivity contribution in [2.45, 2.75) is 57.5 Å². The van der Waals surface area contributed by atoms with Crippen LogP contribution in [-0.4, -0.2) is 17.4 Å². The Morgan fingerprint density at radius 1 is 1.21 bits per heavy atom. The van der Waals surface area contributed by atoms with Crippen molar-refractivity contribution in [1.29, 1.82) is 0 Å². The number of nitrogens with zero attached hydrogens (tertiary/aromatic N) is 1. The highest BCUT2D eigenvalue weighted by atomic mass is 19.4. The number of aromatic nitrogens is 1. The molecule has 1 amide bonds. The molecule has 0 spiro atoms. The summed E-state index contributed by atoms with van der Waals surface area (Å²) < 4.78 is 39.1. The summed E-state index contributed by atoms with van der Waals surface area (Å²) in [6, 6.07) is 8.81. The fraction of sp³-hybridized carbons (Fsp3) is 0.455. The number of fused-ring (bicyclic) bond motifs is 1. The number of halogens is 3. The number of unbranched alkanes of at least 4 members (excludes halogenated alkanes) is 2. The first kappa shape index (κ1) is 20.4. The van der Waals surface area contributed by atoms with Gasteiger partial charge in [0.2, 0.25) is 5.91 Å². The van der Waals surface area contributed by atoms with Gasteiger partial charge in [-0.05, 0) is 49.4 Å². The lowest BCUT2D eigenvalue weighted by molar-refractivity contribution is -0.137. The van der Waals surface area contributed by atoms with Crippen LogP contribution in [0.4, 0.5) is 13.2 Å². The average Bonchev–Trinajstić information content (AvgIpc) is 2.69. The second-order valence-electron chi connectivity index (χ2n) is 7.26.